The number of nitrogens with zero attached hydrogens (tertiary/aromatic N) is 4. The summed E-state index contributed by atoms with van der Waals surface area (Å²) in [7, 11) is 0. The summed E-state index contributed by atoms with van der Waals surface area (Å²) in [6.45, 7) is 2.00. The normalized spacial score (nSPS) is 23.2. The molecule has 3 aliphatic rings. The van der Waals surface area contributed by atoms with Gasteiger partial charge in [-0.25, -0.2) is 7.29 Å². The van der Waals surface area contributed by atoms with E-state index in [4.69, 9.17) is 0 Å². The van der Waals surface area contributed by atoms with Crippen LogP contribution in [0.3, 0.4) is 0 Å². The van der Waals surface area contributed by atoms with Crippen LogP contribution in [0.4, 0.5) is 10.1 Å². The lowest BCUT2D eigenvalue weighted by Crippen LogP contribution is -2.43. The number of likely N-dealkylation sites (tertiary alicyclic amines) is 1. The summed E-state index contributed by atoms with van der Waals surface area (Å²) in [5, 5.41) is 4.16. The van der Waals surface area contributed by atoms with Crippen LogP contribution in [-0.2, 0) is 16.8 Å². The molecule has 1 amide bonds. The topological polar surface area (TPSA) is 41.4 Å². The third kappa shape index (κ3) is 3.51. The molecule has 1 spiro atoms. The maximum absolute atomic E-state index is 15.2. The fourth-order valence-corrected chi connectivity index (χ4v) is 6.47. The van der Waals surface area contributed by atoms with E-state index in [2.05, 4.69) is 38.9 Å². The molecule has 1 unspecified atom stereocenters. The third-order valence-electron chi connectivity index (χ3n) is 7.77. The molecule has 1 atom stereocenters. The molecule has 6 rings (SSSR count). The van der Waals surface area contributed by atoms with Crippen LogP contribution < -0.4 is 4.90 Å². The number of para-hydroxylation sites is 1. The summed E-state index contributed by atoms with van der Waals surface area (Å²) in [4.78, 5) is 18.3. The van der Waals surface area contributed by atoms with Crippen LogP contribution in [0, 0.1) is 5.82 Å². The first-order valence-electron chi connectivity index (χ1n) is 11.7. The predicted molar refractivity (Wildman–Crippen MR) is 135 cm³/mol. The zero-order valence-electron chi connectivity index (χ0n) is 18.4. The zero-order chi connectivity index (χ0) is 22.6. The summed E-state index contributed by atoms with van der Waals surface area (Å²) >= 11 is 2.07. The van der Waals surface area contributed by atoms with Crippen molar-refractivity contribution in [3.05, 3.63) is 71.8 Å². The Balaban J connectivity index is 1.30. The highest BCUT2D eigenvalue weighted by Crippen LogP contribution is 2.49. The van der Waals surface area contributed by atoms with E-state index >= 15 is 4.39 Å². The van der Waals surface area contributed by atoms with Gasteiger partial charge >= 0.3 is 0 Å². The van der Waals surface area contributed by atoms with Crippen molar-refractivity contribution in [3.63, 3.8) is 0 Å². The highest BCUT2D eigenvalue weighted by Gasteiger charge is 2.55. The van der Waals surface area contributed by atoms with Gasteiger partial charge in [-0.15, -0.1) is 0 Å². The SMILES string of the molecule is O=C1N(Cc2ccc(-c3cnn(I)c3)cc2F)c2ccccc2C12CCN(C1CCCC1)C2. The van der Waals surface area contributed by atoms with Crippen LogP contribution in [0.5, 0.6) is 0 Å². The molecule has 1 saturated carbocycles. The second kappa shape index (κ2) is 8.20. The summed E-state index contributed by atoms with van der Waals surface area (Å²) in [5.74, 6) is -0.169. The van der Waals surface area contributed by atoms with Crippen molar-refractivity contribution < 1.29 is 9.18 Å². The molecule has 2 aliphatic heterocycles. The number of hydrogen-bond donors (Lipinski definition) is 0. The maximum atomic E-state index is 15.2. The van der Waals surface area contributed by atoms with Crippen molar-refractivity contribution in [2.75, 3.05) is 18.0 Å². The first kappa shape index (κ1) is 21.3. The molecule has 1 saturated heterocycles. The number of hydrogen-bond acceptors (Lipinski definition) is 3. The van der Waals surface area contributed by atoms with Gasteiger partial charge < -0.3 is 4.90 Å². The molecular formula is C26H26FIN4O. The first-order chi connectivity index (χ1) is 16.0. The molecule has 0 bridgehead atoms. The second-order valence-electron chi connectivity index (χ2n) is 9.57. The van der Waals surface area contributed by atoms with Crippen LogP contribution in [0.1, 0.15) is 43.2 Å². The zero-order valence-corrected chi connectivity index (χ0v) is 20.5. The molecule has 2 aromatic carbocycles. The summed E-state index contributed by atoms with van der Waals surface area (Å²) in [6, 6.07) is 14.0. The molecule has 5 nitrogen and oxygen atoms in total. The van der Waals surface area contributed by atoms with Crippen molar-refractivity contribution >= 4 is 34.5 Å². The van der Waals surface area contributed by atoms with E-state index in [-0.39, 0.29) is 18.3 Å². The summed E-state index contributed by atoms with van der Waals surface area (Å²) < 4.78 is 16.8. The number of fused-ring (bicyclic) bond motifs is 2. The average Bonchev–Trinajstić information content (AvgIpc) is 3.61. The van der Waals surface area contributed by atoms with Crippen LogP contribution in [0.15, 0.2) is 54.9 Å². The van der Waals surface area contributed by atoms with Crippen LogP contribution in [0.25, 0.3) is 11.1 Å². The Kier molecular flexibility index (Phi) is 5.29. The smallest absolute Gasteiger partial charge is 0.239 e. The second-order valence-corrected chi connectivity index (χ2v) is 10.6. The first-order valence-corrected chi connectivity index (χ1v) is 12.7. The number of carbonyl (C=O) groups is 1. The molecular weight excluding hydrogens is 530 g/mol. The number of carbonyl (C=O) groups excluding carboxylic acids is 1. The van der Waals surface area contributed by atoms with Crippen molar-refractivity contribution in [1.82, 2.24) is 12.9 Å². The van der Waals surface area contributed by atoms with Crippen LogP contribution >= 0.6 is 22.9 Å². The molecule has 0 N–H and O–H groups in total. The Morgan fingerprint density at radius 2 is 1.94 bits per heavy atom. The van der Waals surface area contributed by atoms with Crippen molar-refractivity contribution in [2.45, 2.75) is 50.1 Å². The quantitative estimate of drug-likeness (QED) is 0.409. The average molecular weight is 556 g/mol. The Bertz CT molecular complexity index is 1220. The summed E-state index contributed by atoms with van der Waals surface area (Å²) in [6.07, 6.45) is 9.48. The van der Waals surface area contributed by atoms with Crippen molar-refractivity contribution in [2.24, 2.45) is 0 Å². The molecule has 1 aliphatic carbocycles. The molecule has 3 heterocycles. The van der Waals surface area contributed by atoms with Gasteiger partial charge in [0.2, 0.25) is 5.91 Å². The Hall–Kier alpha value is -2.26. The van der Waals surface area contributed by atoms with Gasteiger partial charge in [-0.05, 0) is 49.1 Å². The number of halogens is 2. The Labute approximate surface area is 207 Å². The molecule has 170 valence electrons. The van der Waals surface area contributed by atoms with Gasteiger partial charge in [0.15, 0.2) is 0 Å². The number of rotatable bonds is 4. The van der Waals surface area contributed by atoms with E-state index in [1.165, 1.54) is 25.7 Å². The predicted octanol–water partition coefficient (Wildman–Crippen LogP) is 5.32. The lowest BCUT2D eigenvalue weighted by atomic mass is 9.81. The number of aromatic nitrogens is 2. The Morgan fingerprint density at radius 1 is 1.12 bits per heavy atom. The highest BCUT2D eigenvalue weighted by atomic mass is 127. The van der Waals surface area contributed by atoms with E-state index in [0.717, 1.165) is 41.9 Å². The molecule has 3 aromatic rings. The van der Waals surface area contributed by atoms with Crippen molar-refractivity contribution in [1.29, 1.82) is 0 Å². The van der Waals surface area contributed by atoms with Gasteiger partial charge in [-0.1, -0.05) is 43.2 Å². The van der Waals surface area contributed by atoms with Gasteiger partial charge in [0.25, 0.3) is 0 Å². The summed E-state index contributed by atoms with van der Waals surface area (Å²) in [5.41, 5.74) is 3.74. The molecule has 7 heteroatoms. The fraction of sp³-hybridized carbons (Fsp3) is 0.385. The lowest BCUT2D eigenvalue weighted by Gasteiger charge is -2.27. The van der Waals surface area contributed by atoms with E-state index in [1.54, 1.807) is 21.2 Å². The van der Waals surface area contributed by atoms with Gasteiger partial charge in [0.05, 0.1) is 41.0 Å². The van der Waals surface area contributed by atoms with E-state index in [9.17, 15) is 4.79 Å². The minimum absolute atomic E-state index is 0.124. The molecule has 2 fully saturated rings. The largest absolute Gasteiger partial charge is 0.307 e. The third-order valence-corrected chi connectivity index (χ3v) is 8.30. The van der Waals surface area contributed by atoms with Crippen LogP contribution in [0.2, 0.25) is 0 Å². The van der Waals surface area contributed by atoms with Crippen LogP contribution in [-0.4, -0.2) is 37.9 Å². The van der Waals surface area contributed by atoms with Gasteiger partial charge in [0.1, 0.15) is 5.82 Å². The monoisotopic (exact) mass is 556 g/mol. The molecule has 0 radical (unpaired) electrons. The standard InChI is InChI=1S/C26H26FIN4O/c27-23-13-18(20-14-29-32(28)16-20)9-10-19(23)15-31-24-8-4-3-7-22(24)26(25(31)33)11-12-30(17-26)21-5-1-2-6-21/h3-4,7-10,13-14,16,21H,1-2,5-6,11-12,15,17H2. The fourth-order valence-electron chi connectivity index (χ4n) is 6.04. The minimum atomic E-state index is -0.496. The maximum Gasteiger partial charge on any atom is 0.239 e. The van der Waals surface area contributed by atoms with Gasteiger partial charge in [-0.3, -0.25) is 9.69 Å². The minimum Gasteiger partial charge on any atom is -0.307 e. The lowest BCUT2D eigenvalue weighted by molar-refractivity contribution is -0.123. The van der Waals surface area contributed by atoms with E-state index in [0.29, 0.717) is 11.6 Å². The van der Waals surface area contributed by atoms with E-state index < -0.39 is 5.41 Å². The van der Waals surface area contributed by atoms with Gasteiger partial charge in [0, 0.05) is 35.6 Å². The van der Waals surface area contributed by atoms with Gasteiger partial charge in [-0.2, -0.15) is 5.10 Å². The Morgan fingerprint density at radius 3 is 2.70 bits per heavy atom. The molecule has 1 aromatic heterocycles. The highest BCUT2D eigenvalue weighted by molar-refractivity contribution is 14.1. The number of benzene rings is 2. The van der Waals surface area contributed by atoms with E-state index in [1.807, 2.05) is 35.4 Å². The number of amides is 1. The molecule has 33 heavy (non-hydrogen) atoms. The van der Waals surface area contributed by atoms with Crippen molar-refractivity contribution in [3.8, 4) is 11.1 Å². The number of anilines is 1.